The second kappa shape index (κ2) is 12.0. The first-order valence-electron chi connectivity index (χ1n) is 13.8. The second-order valence-corrected chi connectivity index (χ2v) is 11.0. The Bertz CT molecular complexity index is 1740. The highest BCUT2D eigenvalue weighted by molar-refractivity contribution is 5.96. The smallest absolute Gasteiger partial charge is 0.386 e. The topological polar surface area (TPSA) is 129 Å². The molecule has 4 atom stereocenters. The Morgan fingerprint density at radius 2 is 1.93 bits per heavy atom. The molecule has 5 N–H and O–H groups in total. The highest BCUT2D eigenvalue weighted by atomic mass is 19.4. The van der Waals surface area contributed by atoms with Crippen LogP contribution in [0, 0.1) is 28.8 Å². The minimum atomic E-state index is -4.80. The molecule has 1 fully saturated rings. The van der Waals surface area contributed by atoms with Crippen molar-refractivity contribution in [3.63, 3.8) is 0 Å². The molecule has 4 unspecified atom stereocenters. The van der Waals surface area contributed by atoms with Crippen molar-refractivity contribution in [2.45, 2.75) is 50.6 Å². The summed E-state index contributed by atoms with van der Waals surface area (Å²) in [5.74, 6) is -4.73. The third-order valence-electron chi connectivity index (χ3n) is 7.91. The van der Waals surface area contributed by atoms with Gasteiger partial charge in [-0.05, 0) is 72.6 Å². The Labute approximate surface area is 253 Å². The number of hydrogen-bond acceptors (Lipinski definition) is 5. The molecule has 2 aliphatic rings. The van der Waals surface area contributed by atoms with Gasteiger partial charge in [-0.3, -0.25) is 19.9 Å². The molecule has 0 radical (unpaired) electrons. The lowest BCUT2D eigenvalue weighted by Gasteiger charge is -2.23. The standard InChI is InChI=1S/C31H28F6N6O2/c1-3-6-40-26(14(2)16-4-5-22(34)21(10-16)30(38)39)23(9-15-7-17(32)11-18(33)8-15)41-24(44)13-43-27-25(19-12-20(19)28(27)45)29(42-43)31(35,36)37/h3-8,10-11,19-20,23,28,45H,1,9,12-13H2,2H3,(H3,38,39)(H,41,44). The molecule has 8 nitrogen and oxygen atoms in total. The van der Waals surface area contributed by atoms with Gasteiger partial charge in [0, 0.05) is 17.8 Å². The first-order valence-corrected chi connectivity index (χ1v) is 13.8. The van der Waals surface area contributed by atoms with Crippen molar-refractivity contribution in [2.75, 3.05) is 0 Å². The Kier molecular flexibility index (Phi) is 8.45. The molecule has 0 saturated heterocycles. The fourth-order valence-corrected chi connectivity index (χ4v) is 5.85. The summed E-state index contributed by atoms with van der Waals surface area (Å²) < 4.78 is 84.9. The molecule has 45 heavy (non-hydrogen) atoms. The van der Waals surface area contributed by atoms with Crippen molar-refractivity contribution >= 4 is 23.5 Å². The summed E-state index contributed by atoms with van der Waals surface area (Å²) >= 11 is 0. The molecule has 1 amide bonds. The number of allylic oxidation sites excluding steroid dienone is 2. The Morgan fingerprint density at radius 1 is 1.24 bits per heavy atom. The summed E-state index contributed by atoms with van der Waals surface area (Å²) in [5, 5.41) is 24.7. The summed E-state index contributed by atoms with van der Waals surface area (Å²) in [6.45, 7) is 4.47. The maximum Gasteiger partial charge on any atom is 0.435 e. The Hall–Kier alpha value is -4.72. The van der Waals surface area contributed by atoms with Gasteiger partial charge in [0.15, 0.2) is 5.69 Å². The number of alkyl halides is 3. The second-order valence-electron chi connectivity index (χ2n) is 11.0. The predicted octanol–water partition coefficient (Wildman–Crippen LogP) is 5.17. The average Bonchev–Trinajstić information content (AvgIpc) is 3.56. The number of aliphatic hydroxyl groups is 1. The number of amidine groups is 1. The van der Waals surface area contributed by atoms with Crippen LogP contribution in [0.3, 0.4) is 0 Å². The van der Waals surface area contributed by atoms with Crippen LogP contribution < -0.4 is 11.1 Å². The van der Waals surface area contributed by atoms with E-state index in [4.69, 9.17) is 11.1 Å². The van der Waals surface area contributed by atoms with Gasteiger partial charge >= 0.3 is 6.18 Å². The number of nitrogens with zero attached hydrogens (tertiary/aromatic N) is 3. The van der Waals surface area contributed by atoms with Gasteiger partial charge < -0.3 is 16.2 Å². The molecule has 1 aromatic heterocycles. The number of nitrogens with two attached hydrogens (primary N) is 1. The van der Waals surface area contributed by atoms with E-state index in [1.54, 1.807) is 6.92 Å². The lowest BCUT2D eigenvalue weighted by atomic mass is 9.95. The summed E-state index contributed by atoms with van der Waals surface area (Å²) in [6.07, 6.45) is -3.22. The summed E-state index contributed by atoms with van der Waals surface area (Å²) in [5.41, 5.74) is 4.96. The molecule has 236 valence electrons. The number of nitrogen functional groups attached to an aromatic ring is 1. The quantitative estimate of drug-likeness (QED) is 0.140. The SMILES string of the molecule is C=CC=NC(=C(C)c1ccc(F)c(C(=N)N)c1)C(Cc1cc(F)cc(F)c1)NC(=O)Cn1nc(C(F)(F)F)c2c1C(O)C1CC21. The number of amides is 1. The molecular weight excluding hydrogens is 602 g/mol. The van der Waals surface area contributed by atoms with Crippen LogP contribution in [-0.2, 0) is 23.9 Å². The third-order valence-corrected chi connectivity index (χ3v) is 7.91. The molecule has 3 aromatic rings. The molecule has 0 spiro atoms. The Balaban J connectivity index is 1.55. The van der Waals surface area contributed by atoms with Gasteiger partial charge in [0.1, 0.15) is 29.8 Å². The number of hydrogen-bond donors (Lipinski definition) is 4. The van der Waals surface area contributed by atoms with E-state index >= 15 is 0 Å². The van der Waals surface area contributed by atoms with Crippen LogP contribution in [0.4, 0.5) is 26.3 Å². The van der Waals surface area contributed by atoms with Gasteiger partial charge in [-0.2, -0.15) is 18.3 Å². The van der Waals surface area contributed by atoms with Crippen LogP contribution in [0.25, 0.3) is 5.57 Å². The molecule has 2 aliphatic carbocycles. The van der Waals surface area contributed by atoms with E-state index in [9.17, 15) is 36.2 Å². The van der Waals surface area contributed by atoms with Crippen molar-refractivity contribution in [3.8, 4) is 0 Å². The maximum absolute atomic E-state index is 14.3. The monoisotopic (exact) mass is 630 g/mol. The van der Waals surface area contributed by atoms with Crippen LogP contribution >= 0.6 is 0 Å². The zero-order valence-corrected chi connectivity index (χ0v) is 23.8. The first-order chi connectivity index (χ1) is 21.2. The lowest BCUT2D eigenvalue weighted by molar-refractivity contribution is -0.142. The van der Waals surface area contributed by atoms with E-state index in [1.165, 1.54) is 24.4 Å². The van der Waals surface area contributed by atoms with E-state index in [2.05, 4.69) is 22.0 Å². The van der Waals surface area contributed by atoms with Crippen LogP contribution in [0.2, 0.25) is 0 Å². The van der Waals surface area contributed by atoms with E-state index in [0.29, 0.717) is 23.6 Å². The van der Waals surface area contributed by atoms with Gasteiger partial charge in [-0.1, -0.05) is 18.7 Å². The molecular formula is C31H28F6N6O2. The molecule has 1 saturated carbocycles. The number of halogens is 6. The normalized spacial score (nSPS) is 20.0. The fourth-order valence-electron chi connectivity index (χ4n) is 5.85. The van der Waals surface area contributed by atoms with Crippen LogP contribution in [-0.4, -0.2) is 38.9 Å². The minimum Gasteiger partial charge on any atom is -0.386 e. The van der Waals surface area contributed by atoms with Crippen LogP contribution in [0.15, 0.2) is 59.7 Å². The van der Waals surface area contributed by atoms with E-state index in [0.717, 1.165) is 22.9 Å². The first kappa shape index (κ1) is 31.7. The van der Waals surface area contributed by atoms with Gasteiger partial charge in [0.05, 0.1) is 29.1 Å². The number of fused-ring (bicyclic) bond motifs is 3. The average molecular weight is 631 g/mol. The van der Waals surface area contributed by atoms with E-state index < -0.39 is 65.7 Å². The van der Waals surface area contributed by atoms with Crippen molar-refractivity contribution < 1.29 is 36.2 Å². The van der Waals surface area contributed by atoms with Gasteiger partial charge in [0.25, 0.3) is 0 Å². The number of carbonyl (C=O) groups excluding carboxylic acids is 1. The highest BCUT2D eigenvalue weighted by Crippen LogP contribution is 2.63. The molecule has 14 heteroatoms. The molecule has 5 rings (SSSR count). The molecule has 2 aromatic carbocycles. The zero-order chi connectivity index (χ0) is 32.8. The number of rotatable bonds is 10. The number of aliphatic hydroxyl groups excluding tert-OH is 1. The Morgan fingerprint density at radius 3 is 2.56 bits per heavy atom. The van der Waals surface area contributed by atoms with Crippen molar-refractivity contribution in [1.82, 2.24) is 15.1 Å². The molecule has 0 bridgehead atoms. The minimum absolute atomic E-state index is 0.0674. The lowest BCUT2D eigenvalue weighted by Crippen LogP contribution is -2.40. The third kappa shape index (κ3) is 6.41. The van der Waals surface area contributed by atoms with Crippen molar-refractivity contribution in [2.24, 2.45) is 16.6 Å². The summed E-state index contributed by atoms with van der Waals surface area (Å²) in [4.78, 5) is 17.8. The van der Waals surface area contributed by atoms with Crippen LogP contribution in [0.1, 0.15) is 59.0 Å². The van der Waals surface area contributed by atoms with E-state index in [1.807, 2.05) is 0 Å². The summed E-state index contributed by atoms with van der Waals surface area (Å²) in [7, 11) is 0. The number of aromatic nitrogens is 2. The van der Waals surface area contributed by atoms with Gasteiger partial charge in [-0.15, -0.1) is 0 Å². The van der Waals surface area contributed by atoms with E-state index in [-0.39, 0.29) is 40.4 Å². The molecule has 1 heterocycles. The van der Waals surface area contributed by atoms with Crippen molar-refractivity contribution in [3.05, 3.63) is 106 Å². The maximum atomic E-state index is 14.3. The largest absolute Gasteiger partial charge is 0.435 e. The number of nitrogens with one attached hydrogen (secondary N) is 2. The molecule has 0 aliphatic heterocycles. The number of benzene rings is 2. The van der Waals surface area contributed by atoms with Gasteiger partial charge in [0.2, 0.25) is 5.91 Å². The van der Waals surface area contributed by atoms with Crippen molar-refractivity contribution in [1.29, 1.82) is 5.41 Å². The van der Waals surface area contributed by atoms with Crippen LogP contribution in [0.5, 0.6) is 0 Å². The van der Waals surface area contributed by atoms with Gasteiger partial charge in [-0.25, -0.2) is 13.2 Å². The number of aliphatic imine (C=N–C) groups is 1. The highest BCUT2D eigenvalue weighted by Gasteiger charge is 2.58. The fraction of sp³-hybridized carbons (Fsp3) is 0.290. The predicted molar refractivity (Wildman–Crippen MR) is 154 cm³/mol. The zero-order valence-electron chi connectivity index (χ0n) is 23.8. The number of carbonyl (C=O) groups is 1. The summed E-state index contributed by atoms with van der Waals surface area (Å²) in [6, 6.07) is 5.42.